The zero-order valence-electron chi connectivity index (χ0n) is 14.7. The third-order valence-corrected chi connectivity index (χ3v) is 4.74. The topological polar surface area (TPSA) is 68.5 Å². The van der Waals surface area contributed by atoms with Gasteiger partial charge in [0, 0.05) is 39.0 Å². The van der Waals surface area contributed by atoms with E-state index in [-0.39, 0.29) is 5.91 Å². The number of fused-ring (bicyclic) bond motifs is 1. The first-order valence-electron chi connectivity index (χ1n) is 8.79. The zero-order chi connectivity index (χ0) is 17.9. The lowest BCUT2D eigenvalue weighted by Crippen LogP contribution is -2.28. The van der Waals surface area contributed by atoms with E-state index in [2.05, 4.69) is 22.1 Å². The maximum absolute atomic E-state index is 12.1. The van der Waals surface area contributed by atoms with Crippen LogP contribution < -0.4 is 0 Å². The van der Waals surface area contributed by atoms with E-state index in [9.17, 15) is 4.79 Å². The van der Waals surface area contributed by atoms with Crippen molar-refractivity contribution < 1.29 is 13.9 Å². The van der Waals surface area contributed by atoms with Gasteiger partial charge in [-0.15, -0.1) is 0 Å². The average molecular weight is 351 g/mol. The van der Waals surface area contributed by atoms with Crippen LogP contribution in [-0.4, -0.2) is 47.6 Å². The van der Waals surface area contributed by atoms with Gasteiger partial charge in [-0.25, -0.2) is 4.98 Å². The van der Waals surface area contributed by atoms with Crippen molar-refractivity contribution in [1.29, 1.82) is 0 Å². The Kier molecular flexibility index (Phi) is 4.67. The van der Waals surface area contributed by atoms with Crippen LogP contribution in [0.3, 0.4) is 0 Å². The summed E-state index contributed by atoms with van der Waals surface area (Å²) in [5.41, 5.74) is 3.63. The quantitative estimate of drug-likeness (QED) is 0.683. The van der Waals surface area contributed by atoms with E-state index in [0.29, 0.717) is 31.4 Å². The number of hydrogen-bond acceptors (Lipinski definition) is 5. The van der Waals surface area contributed by atoms with Crippen LogP contribution >= 0.6 is 0 Å². The molecule has 6 heteroatoms. The van der Waals surface area contributed by atoms with E-state index < -0.39 is 0 Å². The number of likely N-dealkylation sites (tertiary alicyclic amines) is 1. The minimum atomic E-state index is 0.216. The van der Waals surface area contributed by atoms with Crippen LogP contribution in [0.15, 0.2) is 47.1 Å². The summed E-state index contributed by atoms with van der Waals surface area (Å²) in [6.45, 7) is 2.04. The summed E-state index contributed by atoms with van der Waals surface area (Å²) in [5.74, 6) is 1.13. The molecular weight excluding hydrogens is 330 g/mol. The van der Waals surface area contributed by atoms with E-state index >= 15 is 0 Å². The smallest absolute Gasteiger partial charge is 0.228 e. The molecule has 2 aromatic heterocycles. The van der Waals surface area contributed by atoms with Gasteiger partial charge in [0.05, 0.1) is 12.2 Å². The lowest BCUT2D eigenvalue weighted by Gasteiger charge is -2.15. The molecule has 0 radical (unpaired) electrons. The van der Waals surface area contributed by atoms with Crippen LogP contribution in [0.5, 0.6) is 0 Å². The average Bonchev–Trinajstić information content (AvgIpc) is 3.23. The number of oxazole rings is 1. The highest BCUT2D eigenvalue weighted by atomic mass is 16.5. The number of carbonyl (C=O) groups excluding carboxylic acids is 1. The molecular formula is C20H21N3O3. The fourth-order valence-electron chi connectivity index (χ4n) is 3.45. The highest BCUT2D eigenvalue weighted by molar-refractivity contribution is 5.79. The fourth-order valence-corrected chi connectivity index (χ4v) is 3.45. The van der Waals surface area contributed by atoms with Crippen molar-refractivity contribution >= 4 is 17.0 Å². The number of ether oxygens (including phenoxy) is 1. The Morgan fingerprint density at radius 3 is 3.08 bits per heavy atom. The highest BCUT2D eigenvalue weighted by Crippen LogP contribution is 2.27. The van der Waals surface area contributed by atoms with Crippen molar-refractivity contribution in [3.63, 3.8) is 0 Å². The molecule has 1 fully saturated rings. The standard InChI is InChI=1S/C20H21N3O3/c1-25-8-7-23-13-15(11-19(23)24)9-14-4-5-18-17(10-14)22-20(26-18)16-3-2-6-21-12-16/h2-6,10,12,15H,7-9,11,13H2,1H3/t15-/m1/s1. The van der Waals surface area contributed by atoms with Gasteiger partial charge in [0.25, 0.3) is 0 Å². The summed E-state index contributed by atoms with van der Waals surface area (Å²) in [5, 5.41) is 0. The van der Waals surface area contributed by atoms with Crippen molar-refractivity contribution in [3.05, 3.63) is 48.3 Å². The van der Waals surface area contributed by atoms with Gasteiger partial charge in [-0.05, 0) is 42.2 Å². The number of carbonyl (C=O) groups is 1. The Hall–Kier alpha value is -2.73. The second kappa shape index (κ2) is 7.25. The van der Waals surface area contributed by atoms with E-state index in [1.165, 1.54) is 5.56 Å². The van der Waals surface area contributed by atoms with Gasteiger partial charge < -0.3 is 14.1 Å². The summed E-state index contributed by atoms with van der Waals surface area (Å²) in [6.07, 6.45) is 4.93. The molecule has 0 N–H and O–H groups in total. The molecule has 1 amide bonds. The molecule has 0 unspecified atom stereocenters. The van der Waals surface area contributed by atoms with Crippen LogP contribution in [0.2, 0.25) is 0 Å². The molecule has 0 bridgehead atoms. The van der Waals surface area contributed by atoms with Crippen LogP contribution in [0.1, 0.15) is 12.0 Å². The van der Waals surface area contributed by atoms with Gasteiger partial charge in [-0.3, -0.25) is 9.78 Å². The molecule has 0 spiro atoms. The number of rotatable bonds is 6. The first kappa shape index (κ1) is 16.7. The summed E-state index contributed by atoms with van der Waals surface area (Å²) in [6, 6.07) is 9.86. The van der Waals surface area contributed by atoms with Crippen molar-refractivity contribution in [2.75, 3.05) is 26.8 Å². The molecule has 26 heavy (non-hydrogen) atoms. The van der Waals surface area contributed by atoms with Crippen LogP contribution in [-0.2, 0) is 16.0 Å². The molecule has 1 aliphatic heterocycles. The minimum Gasteiger partial charge on any atom is -0.436 e. The number of methoxy groups -OCH3 is 1. The second-order valence-electron chi connectivity index (χ2n) is 6.67. The van der Waals surface area contributed by atoms with Gasteiger partial charge >= 0.3 is 0 Å². The Balaban J connectivity index is 1.49. The normalized spacial score (nSPS) is 17.3. The predicted octanol–water partition coefficient (Wildman–Crippen LogP) is 2.93. The van der Waals surface area contributed by atoms with Gasteiger partial charge in [-0.1, -0.05) is 6.07 Å². The first-order valence-corrected chi connectivity index (χ1v) is 8.79. The molecule has 3 aromatic rings. The molecule has 1 aromatic carbocycles. The third kappa shape index (κ3) is 3.46. The van der Waals surface area contributed by atoms with Crippen LogP contribution in [0, 0.1) is 5.92 Å². The maximum Gasteiger partial charge on any atom is 0.228 e. The summed E-state index contributed by atoms with van der Waals surface area (Å²) in [4.78, 5) is 22.7. The van der Waals surface area contributed by atoms with Crippen molar-refractivity contribution in [2.45, 2.75) is 12.8 Å². The van der Waals surface area contributed by atoms with Gasteiger partial charge in [0.2, 0.25) is 11.8 Å². The SMILES string of the molecule is COCCN1C[C@H](Cc2ccc3oc(-c4cccnc4)nc3c2)CC1=O. The lowest BCUT2D eigenvalue weighted by atomic mass is 9.98. The summed E-state index contributed by atoms with van der Waals surface area (Å²) >= 11 is 0. The number of aromatic nitrogens is 2. The summed E-state index contributed by atoms with van der Waals surface area (Å²) < 4.78 is 10.9. The predicted molar refractivity (Wildman–Crippen MR) is 97.5 cm³/mol. The largest absolute Gasteiger partial charge is 0.436 e. The molecule has 0 saturated carbocycles. The van der Waals surface area contributed by atoms with Crippen LogP contribution in [0.4, 0.5) is 0 Å². The van der Waals surface area contributed by atoms with E-state index in [4.69, 9.17) is 9.15 Å². The van der Waals surface area contributed by atoms with Crippen molar-refractivity contribution in [1.82, 2.24) is 14.9 Å². The van der Waals surface area contributed by atoms with E-state index in [1.807, 2.05) is 23.1 Å². The Morgan fingerprint density at radius 1 is 1.35 bits per heavy atom. The van der Waals surface area contributed by atoms with Gasteiger partial charge in [-0.2, -0.15) is 0 Å². The molecule has 4 rings (SSSR count). The number of benzene rings is 1. The molecule has 0 aliphatic carbocycles. The van der Waals surface area contributed by atoms with Gasteiger partial charge in [0.15, 0.2) is 5.58 Å². The fraction of sp³-hybridized carbons (Fsp3) is 0.350. The van der Waals surface area contributed by atoms with E-state index in [0.717, 1.165) is 29.6 Å². The van der Waals surface area contributed by atoms with Gasteiger partial charge in [0.1, 0.15) is 5.52 Å². The monoisotopic (exact) mass is 351 g/mol. The third-order valence-electron chi connectivity index (χ3n) is 4.74. The lowest BCUT2D eigenvalue weighted by molar-refractivity contribution is -0.128. The van der Waals surface area contributed by atoms with Crippen molar-refractivity contribution in [3.8, 4) is 11.5 Å². The number of nitrogens with zero attached hydrogens (tertiary/aromatic N) is 3. The second-order valence-corrected chi connectivity index (χ2v) is 6.67. The molecule has 1 atom stereocenters. The van der Waals surface area contributed by atoms with E-state index in [1.54, 1.807) is 19.5 Å². The Labute approximate surface area is 151 Å². The minimum absolute atomic E-state index is 0.216. The van der Waals surface area contributed by atoms with Crippen molar-refractivity contribution in [2.24, 2.45) is 5.92 Å². The molecule has 1 aliphatic rings. The maximum atomic E-state index is 12.1. The highest BCUT2D eigenvalue weighted by Gasteiger charge is 2.29. The Morgan fingerprint density at radius 2 is 2.27 bits per heavy atom. The Bertz CT molecular complexity index is 907. The molecule has 6 nitrogen and oxygen atoms in total. The first-order chi connectivity index (χ1) is 12.7. The van der Waals surface area contributed by atoms with Crippen LogP contribution in [0.25, 0.3) is 22.6 Å². The molecule has 134 valence electrons. The molecule has 1 saturated heterocycles. The summed E-state index contributed by atoms with van der Waals surface area (Å²) in [7, 11) is 1.66. The zero-order valence-corrected chi connectivity index (χ0v) is 14.7. The number of hydrogen-bond donors (Lipinski definition) is 0. The number of amides is 1. The molecule has 3 heterocycles. The number of pyridine rings is 1.